The molecule has 5 heteroatoms. The highest BCUT2D eigenvalue weighted by molar-refractivity contribution is 5.98. The first-order valence-electron chi connectivity index (χ1n) is 8.65. The Morgan fingerprint density at radius 1 is 1.24 bits per heavy atom. The fourth-order valence-corrected chi connectivity index (χ4v) is 3.54. The van der Waals surface area contributed by atoms with E-state index < -0.39 is 0 Å². The van der Waals surface area contributed by atoms with E-state index in [0.717, 1.165) is 29.9 Å². The van der Waals surface area contributed by atoms with Crippen molar-refractivity contribution < 1.29 is 4.79 Å². The van der Waals surface area contributed by atoms with Crippen LogP contribution in [0.1, 0.15) is 17.5 Å². The van der Waals surface area contributed by atoms with E-state index in [1.165, 1.54) is 16.5 Å². The number of amides is 1. The van der Waals surface area contributed by atoms with Crippen molar-refractivity contribution in [1.29, 1.82) is 0 Å². The fraction of sp³-hybridized carbons (Fsp3) is 0.300. The van der Waals surface area contributed by atoms with Crippen molar-refractivity contribution in [2.75, 3.05) is 29.9 Å². The Balaban J connectivity index is 1.53. The first kappa shape index (κ1) is 15.7. The number of H-pyrrole nitrogens is 1. The van der Waals surface area contributed by atoms with Gasteiger partial charge in [-0.2, -0.15) is 0 Å². The zero-order valence-corrected chi connectivity index (χ0v) is 14.6. The molecular weight excluding hydrogens is 312 g/mol. The van der Waals surface area contributed by atoms with Gasteiger partial charge in [-0.25, -0.2) is 0 Å². The lowest BCUT2D eigenvalue weighted by Crippen LogP contribution is -2.42. The molecule has 0 bridgehead atoms. The summed E-state index contributed by atoms with van der Waals surface area (Å²) in [6.07, 6.45) is 6.83. The van der Waals surface area contributed by atoms with Crippen LogP contribution in [0, 0.1) is 6.92 Å². The molecule has 1 N–H and O–H groups in total. The smallest absolute Gasteiger partial charge is 0.227 e. The summed E-state index contributed by atoms with van der Waals surface area (Å²) < 4.78 is 0. The number of nitrogens with one attached hydrogen (secondary N) is 1. The topological polar surface area (TPSA) is 52.2 Å². The number of carbonyl (C=O) groups is 1. The second-order valence-electron chi connectivity index (χ2n) is 6.69. The van der Waals surface area contributed by atoms with Gasteiger partial charge in [0, 0.05) is 49.9 Å². The van der Waals surface area contributed by atoms with Gasteiger partial charge in [0.1, 0.15) is 0 Å². The van der Waals surface area contributed by atoms with E-state index in [9.17, 15) is 4.79 Å². The van der Waals surface area contributed by atoms with Crippen LogP contribution in [-0.2, 0) is 11.2 Å². The molecule has 3 aromatic rings. The summed E-state index contributed by atoms with van der Waals surface area (Å²) in [5.74, 6) is 0.157. The molecule has 0 atom stereocenters. The Kier molecular flexibility index (Phi) is 3.92. The number of aromatic amines is 1. The van der Waals surface area contributed by atoms with Crippen molar-refractivity contribution in [1.82, 2.24) is 9.97 Å². The van der Waals surface area contributed by atoms with Gasteiger partial charge in [0.05, 0.1) is 17.6 Å². The summed E-state index contributed by atoms with van der Waals surface area (Å²) in [5.41, 5.74) is 5.54. The minimum absolute atomic E-state index is 0.157. The number of pyridine rings is 1. The highest BCUT2D eigenvalue weighted by atomic mass is 16.2. The Morgan fingerprint density at radius 2 is 2.12 bits per heavy atom. The Hall–Kier alpha value is -2.82. The average Bonchev–Trinajstić information content (AvgIpc) is 3.02. The molecule has 0 saturated heterocycles. The third-order valence-electron chi connectivity index (χ3n) is 4.97. The van der Waals surface area contributed by atoms with Crippen molar-refractivity contribution in [3.05, 3.63) is 54.0 Å². The number of benzene rings is 1. The van der Waals surface area contributed by atoms with Crippen LogP contribution >= 0.6 is 0 Å². The van der Waals surface area contributed by atoms with Crippen LogP contribution in [0.2, 0.25) is 0 Å². The molecule has 0 saturated carbocycles. The minimum Gasteiger partial charge on any atom is -0.371 e. The third-order valence-corrected chi connectivity index (χ3v) is 4.97. The Bertz CT molecular complexity index is 930. The molecule has 2 aromatic heterocycles. The van der Waals surface area contributed by atoms with Gasteiger partial charge >= 0.3 is 0 Å². The minimum atomic E-state index is 0.157. The van der Waals surface area contributed by atoms with E-state index in [4.69, 9.17) is 0 Å². The monoisotopic (exact) mass is 334 g/mol. The number of aromatic nitrogens is 2. The average molecular weight is 334 g/mol. The van der Waals surface area contributed by atoms with Crippen molar-refractivity contribution in [2.24, 2.45) is 0 Å². The first-order valence-corrected chi connectivity index (χ1v) is 8.65. The maximum atomic E-state index is 12.8. The summed E-state index contributed by atoms with van der Waals surface area (Å²) in [5, 5.41) is 1.22. The Labute approximate surface area is 147 Å². The second kappa shape index (κ2) is 6.24. The van der Waals surface area contributed by atoms with Crippen molar-refractivity contribution >= 4 is 28.2 Å². The standard InChI is InChI=1S/C20H22N4O/c1-14-3-5-17-16(11-14)15(12-22-17)4-6-20(25)24-10-9-23(2)18-7-8-21-13-19(18)24/h3,5,7-8,11-13,22H,4,6,9-10H2,1-2H3. The number of nitrogens with zero attached hydrogens (tertiary/aromatic N) is 3. The predicted molar refractivity (Wildman–Crippen MR) is 101 cm³/mol. The summed E-state index contributed by atoms with van der Waals surface area (Å²) >= 11 is 0. The maximum Gasteiger partial charge on any atom is 0.227 e. The Morgan fingerprint density at radius 3 is 3.00 bits per heavy atom. The number of aryl methyl sites for hydroxylation is 2. The van der Waals surface area contributed by atoms with Crippen LogP contribution < -0.4 is 9.80 Å². The van der Waals surface area contributed by atoms with Gasteiger partial charge in [-0.15, -0.1) is 0 Å². The molecule has 0 aliphatic carbocycles. The molecule has 3 heterocycles. The highest BCUT2D eigenvalue weighted by Crippen LogP contribution is 2.31. The zero-order chi connectivity index (χ0) is 17.4. The molecule has 25 heavy (non-hydrogen) atoms. The molecule has 128 valence electrons. The van der Waals surface area contributed by atoms with E-state index >= 15 is 0 Å². The summed E-state index contributed by atoms with van der Waals surface area (Å²) in [4.78, 5) is 24.4. The lowest BCUT2D eigenvalue weighted by atomic mass is 10.1. The van der Waals surface area contributed by atoms with Gasteiger partial charge in [0.25, 0.3) is 0 Å². The summed E-state index contributed by atoms with van der Waals surface area (Å²) in [6.45, 7) is 3.64. The maximum absolute atomic E-state index is 12.8. The van der Waals surface area contributed by atoms with Gasteiger partial charge in [-0.1, -0.05) is 11.6 Å². The molecule has 4 rings (SSSR count). The molecule has 1 aromatic carbocycles. The van der Waals surface area contributed by atoms with E-state index in [0.29, 0.717) is 13.0 Å². The quantitative estimate of drug-likeness (QED) is 0.800. The van der Waals surface area contributed by atoms with Gasteiger partial charge < -0.3 is 14.8 Å². The van der Waals surface area contributed by atoms with Gasteiger partial charge in [0.2, 0.25) is 5.91 Å². The molecule has 0 radical (unpaired) electrons. The van der Waals surface area contributed by atoms with Gasteiger partial charge in [-0.05, 0) is 37.1 Å². The molecule has 0 fully saturated rings. The lowest BCUT2D eigenvalue weighted by molar-refractivity contribution is -0.118. The molecule has 1 aliphatic heterocycles. The summed E-state index contributed by atoms with van der Waals surface area (Å²) in [6, 6.07) is 8.35. The van der Waals surface area contributed by atoms with E-state index in [1.807, 2.05) is 17.2 Å². The number of rotatable bonds is 3. The molecular formula is C20H22N4O. The molecule has 0 unspecified atom stereocenters. The number of fused-ring (bicyclic) bond motifs is 2. The van der Waals surface area contributed by atoms with E-state index in [-0.39, 0.29) is 5.91 Å². The first-order chi connectivity index (χ1) is 12.1. The second-order valence-corrected chi connectivity index (χ2v) is 6.69. The van der Waals surface area contributed by atoms with Crippen LogP contribution in [0.4, 0.5) is 11.4 Å². The van der Waals surface area contributed by atoms with Crippen LogP contribution in [0.15, 0.2) is 42.9 Å². The predicted octanol–water partition coefficient (Wildman–Crippen LogP) is 3.29. The van der Waals surface area contributed by atoms with Crippen LogP contribution in [0.3, 0.4) is 0 Å². The number of hydrogen-bond donors (Lipinski definition) is 1. The third kappa shape index (κ3) is 2.86. The van der Waals surface area contributed by atoms with Crippen LogP contribution in [0.5, 0.6) is 0 Å². The largest absolute Gasteiger partial charge is 0.371 e. The summed E-state index contributed by atoms with van der Waals surface area (Å²) in [7, 11) is 2.05. The normalized spacial score (nSPS) is 14.0. The van der Waals surface area contributed by atoms with Crippen LogP contribution in [0.25, 0.3) is 10.9 Å². The SMILES string of the molecule is Cc1ccc2[nH]cc(CCC(=O)N3CCN(C)c4ccncc43)c2c1. The van der Waals surface area contributed by atoms with Crippen LogP contribution in [-0.4, -0.2) is 36.0 Å². The highest BCUT2D eigenvalue weighted by Gasteiger charge is 2.25. The van der Waals surface area contributed by atoms with Crippen molar-refractivity contribution in [3.8, 4) is 0 Å². The molecule has 1 aliphatic rings. The number of likely N-dealkylation sites (N-methyl/N-ethyl adjacent to an activating group) is 1. The molecule has 1 amide bonds. The number of carbonyl (C=O) groups excluding carboxylic acids is 1. The van der Waals surface area contributed by atoms with Gasteiger partial charge in [0.15, 0.2) is 0 Å². The number of hydrogen-bond acceptors (Lipinski definition) is 3. The van der Waals surface area contributed by atoms with E-state index in [2.05, 4.69) is 47.0 Å². The molecule has 0 spiro atoms. The van der Waals surface area contributed by atoms with E-state index in [1.54, 1.807) is 12.4 Å². The lowest BCUT2D eigenvalue weighted by Gasteiger charge is -2.35. The molecule has 5 nitrogen and oxygen atoms in total. The zero-order valence-electron chi connectivity index (χ0n) is 14.6. The van der Waals surface area contributed by atoms with Crippen molar-refractivity contribution in [2.45, 2.75) is 19.8 Å². The van der Waals surface area contributed by atoms with Crippen molar-refractivity contribution in [3.63, 3.8) is 0 Å². The fourth-order valence-electron chi connectivity index (χ4n) is 3.54. The van der Waals surface area contributed by atoms with Gasteiger partial charge in [-0.3, -0.25) is 9.78 Å². The number of anilines is 2.